The largest absolute Gasteiger partial charge is 0.490 e. The lowest BCUT2D eigenvalue weighted by molar-refractivity contribution is 0.0926. The van der Waals surface area contributed by atoms with Gasteiger partial charge in [-0.2, -0.15) is 5.10 Å². The predicted molar refractivity (Wildman–Crippen MR) is 120 cm³/mol. The highest BCUT2D eigenvalue weighted by atomic mass is 79.9. The topological polar surface area (TPSA) is 73.1 Å². The van der Waals surface area contributed by atoms with Crippen molar-refractivity contribution in [3.05, 3.63) is 80.7 Å². The quantitative estimate of drug-likeness (QED) is 0.322. The molecule has 0 spiro atoms. The number of furan rings is 1. The Labute approximate surface area is 188 Å². The highest BCUT2D eigenvalue weighted by molar-refractivity contribution is 9.10. The van der Waals surface area contributed by atoms with E-state index in [9.17, 15) is 4.79 Å². The summed E-state index contributed by atoms with van der Waals surface area (Å²) in [4.78, 5) is 12.0. The monoisotopic (exact) mass is 490 g/mol. The van der Waals surface area contributed by atoms with E-state index in [1.54, 1.807) is 25.1 Å². The van der Waals surface area contributed by atoms with Crippen LogP contribution in [0.15, 0.2) is 62.5 Å². The van der Waals surface area contributed by atoms with Crippen molar-refractivity contribution >= 4 is 39.7 Å². The minimum Gasteiger partial charge on any atom is -0.490 e. The number of amides is 1. The molecule has 6 nitrogen and oxygen atoms in total. The van der Waals surface area contributed by atoms with Gasteiger partial charge in [0.25, 0.3) is 0 Å². The molecule has 0 fully saturated rings. The van der Waals surface area contributed by atoms with Crippen molar-refractivity contribution < 1.29 is 18.7 Å². The molecule has 3 aromatic rings. The van der Waals surface area contributed by atoms with Crippen molar-refractivity contribution in [2.75, 3.05) is 6.61 Å². The molecule has 0 atom stereocenters. The van der Waals surface area contributed by atoms with Gasteiger partial charge in [0, 0.05) is 10.6 Å². The summed E-state index contributed by atoms with van der Waals surface area (Å²) in [5.41, 5.74) is 4.02. The van der Waals surface area contributed by atoms with E-state index in [1.165, 1.54) is 6.21 Å². The summed E-state index contributed by atoms with van der Waals surface area (Å²) in [6, 6.07) is 14.4. The van der Waals surface area contributed by atoms with Crippen molar-refractivity contribution in [1.29, 1.82) is 0 Å². The third-order valence-corrected chi connectivity index (χ3v) is 4.96. The van der Waals surface area contributed by atoms with E-state index in [4.69, 9.17) is 25.5 Å². The number of hydrogen-bond donors (Lipinski definition) is 1. The van der Waals surface area contributed by atoms with Gasteiger partial charge >= 0.3 is 5.91 Å². The lowest BCUT2D eigenvalue weighted by atomic mass is 10.2. The first-order valence-corrected chi connectivity index (χ1v) is 10.4. The molecule has 0 bridgehead atoms. The molecule has 2 aromatic carbocycles. The maximum atomic E-state index is 12.0. The number of nitrogens with zero attached hydrogens (tertiary/aromatic N) is 1. The molecular weight excluding hydrogens is 472 g/mol. The number of aryl methyl sites for hydroxylation is 1. The lowest BCUT2D eigenvalue weighted by Gasteiger charge is -2.15. The first-order valence-electron chi connectivity index (χ1n) is 9.20. The van der Waals surface area contributed by atoms with Gasteiger partial charge in [-0.05, 0) is 65.7 Å². The van der Waals surface area contributed by atoms with E-state index in [2.05, 4.69) is 26.5 Å². The average Bonchev–Trinajstić information content (AvgIpc) is 3.15. The first kappa shape index (κ1) is 21.9. The Bertz CT molecular complexity index is 1070. The molecule has 30 heavy (non-hydrogen) atoms. The second-order valence-electron chi connectivity index (χ2n) is 6.25. The van der Waals surface area contributed by atoms with Gasteiger partial charge in [0.2, 0.25) is 0 Å². The molecule has 0 unspecified atom stereocenters. The van der Waals surface area contributed by atoms with Crippen molar-refractivity contribution in [2.24, 2.45) is 5.10 Å². The third kappa shape index (κ3) is 5.64. The second kappa shape index (κ2) is 10.3. The SMILES string of the molecule is CCOc1cc(/C=N\NC(=O)c2ccc(C)o2)cc(Br)c1OCc1ccccc1Cl. The van der Waals surface area contributed by atoms with E-state index in [0.717, 1.165) is 5.56 Å². The van der Waals surface area contributed by atoms with Crippen molar-refractivity contribution in [3.63, 3.8) is 0 Å². The van der Waals surface area contributed by atoms with Gasteiger partial charge in [0.05, 0.1) is 17.3 Å². The number of benzene rings is 2. The van der Waals surface area contributed by atoms with Crippen LogP contribution in [0.25, 0.3) is 0 Å². The van der Waals surface area contributed by atoms with E-state index in [1.807, 2.05) is 37.3 Å². The highest BCUT2D eigenvalue weighted by Gasteiger charge is 2.13. The molecule has 0 aliphatic rings. The predicted octanol–water partition coefficient (Wildman–Crippen LogP) is 5.75. The average molecular weight is 492 g/mol. The smallest absolute Gasteiger partial charge is 0.307 e. The van der Waals surface area contributed by atoms with Gasteiger partial charge < -0.3 is 13.9 Å². The van der Waals surface area contributed by atoms with E-state index in [0.29, 0.717) is 45.5 Å². The van der Waals surface area contributed by atoms with Gasteiger partial charge in [-0.1, -0.05) is 29.8 Å². The Hall–Kier alpha value is -2.77. The molecule has 1 heterocycles. The molecule has 0 saturated carbocycles. The zero-order valence-corrected chi connectivity index (χ0v) is 18.8. The molecular formula is C22H20BrClN2O4. The summed E-state index contributed by atoms with van der Waals surface area (Å²) >= 11 is 9.72. The molecule has 1 amide bonds. The van der Waals surface area contributed by atoms with E-state index >= 15 is 0 Å². The molecule has 0 saturated heterocycles. The Morgan fingerprint density at radius 2 is 2.03 bits per heavy atom. The van der Waals surface area contributed by atoms with Gasteiger partial charge in [0.15, 0.2) is 17.3 Å². The minimum atomic E-state index is -0.428. The van der Waals surface area contributed by atoms with Crippen LogP contribution >= 0.6 is 27.5 Å². The van der Waals surface area contributed by atoms with Crippen LogP contribution in [0.2, 0.25) is 5.02 Å². The van der Waals surface area contributed by atoms with Gasteiger partial charge in [-0.3, -0.25) is 4.79 Å². The number of hydrazone groups is 1. The van der Waals surface area contributed by atoms with Crippen molar-refractivity contribution in [1.82, 2.24) is 5.43 Å². The Morgan fingerprint density at radius 1 is 1.23 bits per heavy atom. The molecule has 0 radical (unpaired) electrons. The number of rotatable bonds is 8. The zero-order valence-electron chi connectivity index (χ0n) is 16.4. The number of nitrogens with one attached hydrogen (secondary N) is 1. The van der Waals surface area contributed by atoms with Crippen LogP contribution in [0.4, 0.5) is 0 Å². The van der Waals surface area contributed by atoms with Crippen LogP contribution in [0.3, 0.4) is 0 Å². The van der Waals surface area contributed by atoms with Crippen LogP contribution in [-0.2, 0) is 6.61 Å². The molecule has 156 valence electrons. The van der Waals surface area contributed by atoms with Crippen LogP contribution in [0.1, 0.15) is 34.4 Å². The molecule has 8 heteroatoms. The van der Waals surface area contributed by atoms with E-state index in [-0.39, 0.29) is 5.76 Å². The zero-order chi connectivity index (χ0) is 21.5. The fourth-order valence-corrected chi connectivity index (χ4v) is 3.37. The van der Waals surface area contributed by atoms with Crippen LogP contribution in [0.5, 0.6) is 11.5 Å². The maximum absolute atomic E-state index is 12.0. The summed E-state index contributed by atoms with van der Waals surface area (Å²) in [5, 5.41) is 4.62. The lowest BCUT2D eigenvalue weighted by Crippen LogP contribution is -2.16. The van der Waals surface area contributed by atoms with E-state index < -0.39 is 5.91 Å². The number of carbonyl (C=O) groups excluding carboxylic acids is 1. The Kier molecular flexibility index (Phi) is 7.54. The third-order valence-electron chi connectivity index (χ3n) is 4.01. The van der Waals surface area contributed by atoms with Crippen LogP contribution < -0.4 is 14.9 Å². The summed E-state index contributed by atoms with van der Waals surface area (Å²) in [5.74, 6) is 1.53. The number of hydrogen-bond acceptors (Lipinski definition) is 5. The second-order valence-corrected chi connectivity index (χ2v) is 7.51. The summed E-state index contributed by atoms with van der Waals surface area (Å²) in [6.45, 7) is 4.41. The summed E-state index contributed by atoms with van der Waals surface area (Å²) < 4.78 is 17.6. The summed E-state index contributed by atoms with van der Waals surface area (Å²) in [7, 11) is 0. The maximum Gasteiger partial charge on any atom is 0.307 e. The number of halogens is 2. The highest BCUT2D eigenvalue weighted by Crippen LogP contribution is 2.37. The van der Waals surface area contributed by atoms with Gasteiger partial charge in [-0.25, -0.2) is 5.43 Å². The molecule has 0 aliphatic carbocycles. The molecule has 1 aromatic heterocycles. The van der Waals surface area contributed by atoms with Crippen LogP contribution in [0, 0.1) is 6.92 Å². The fourth-order valence-electron chi connectivity index (χ4n) is 2.61. The normalized spacial score (nSPS) is 10.9. The van der Waals surface area contributed by atoms with Gasteiger partial charge in [-0.15, -0.1) is 0 Å². The molecule has 1 N–H and O–H groups in total. The Balaban J connectivity index is 1.73. The number of ether oxygens (including phenoxy) is 2. The Morgan fingerprint density at radius 3 is 2.73 bits per heavy atom. The molecule has 0 aliphatic heterocycles. The van der Waals surface area contributed by atoms with Crippen LogP contribution in [-0.4, -0.2) is 18.7 Å². The molecule has 3 rings (SSSR count). The fraction of sp³-hybridized carbons (Fsp3) is 0.182. The first-order chi connectivity index (χ1) is 14.5. The van der Waals surface area contributed by atoms with Crippen molar-refractivity contribution in [2.45, 2.75) is 20.5 Å². The number of carbonyl (C=O) groups is 1. The minimum absolute atomic E-state index is 0.198. The van der Waals surface area contributed by atoms with Gasteiger partial charge in [0.1, 0.15) is 12.4 Å². The summed E-state index contributed by atoms with van der Waals surface area (Å²) in [6.07, 6.45) is 1.51. The standard InChI is InChI=1S/C22H20BrClN2O4/c1-3-28-20-11-15(12-25-26-22(27)19-9-8-14(2)30-19)10-17(23)21(20)29-13-16-6-4-5-7-18(16)24/h4-12H,3,13H2,1-2H3,(H,26,27)/b25-12-. The van der Waals surface area contributed by atoms with Crippen molar-refractivity contribution in [3.8, 4) is 11.5 Å².